The molecule has 0 atom stereocenters. The molecule has 0 fully saturated rings. The highest BCUT2D eigenvalue weighted by Crippen LogP contribution is 2.26. The molecule has 0 unspecified atom stereocenters. The summed E-state index contributed by atoms with van der Waals surface area (Å²) in [5.41, 5.74) is 8.37. The maximum atomic E-state index is 10.7. The molecule has 0 amide bonds. The summed E-state index contributed by atoms with van der Waals surface area (Å²) >= 11 is 0. The molecule has 1 heterocycles. The van der Waals surface area contributed by atoms with Crippen molar-refractivity contribution >= 4 is 57.4 Å². The summed E-state index contributed by atoms with van der Waals surface area (Å²) in [4.78, 5) is 19.8. The molecule has 0 saturated carbocycles. The summed E-state index contributed by atoms with van der Waals surface area (Å²) in [5.74, 6) is 2.02. The van der Waals surface area contributed by atoms with E-state index in [1.165, 1.54) is 28.1 Å². The molecule has 1 N–H and O–H groups in total. The van der Waals surface area contributed by atoms with Crippen LogP contribution >= 0.6 is 21.6 Å². The van der Waals surface area contributed by atoms with Crippen molar-refractivity contribution in [2.24, 2.45) is 10.2 Å². The normalized spacial score (nSPS) is 11.7. The van der Waals surface area contributed by atoms with E-state index in [1.54, 1.807) is 0 Å². The number of unbranched alkanes of at least 4 members (excludes halogenated alkanes) is 1. The fourth-order valence-corrected chi connectivity index (χ4v) is 8.12. The van der Waals surface area contributed by atoms with Crippen molar-refractivity contribution in [1.82, 2.24) is 0 Å². The van der Waals surface area contributed by atoms with Crippen molar-refractivity contribution < 1.29 is 9.67 Å². The topological polar surface area (TPSA) is 72.4 Å². The summed E-state index contributed by atoms with van der Waals surface area (Å²) < 4.78 is 2.05. The Labute approximate surface area is 347 Å². The van der Waals surface area contributed by atoms with Crippen LogP contribution in [0.15, 0.2) is 162 Å². The van der Waals surface area contributed by atoms with Gasteiger partial charge in [0, 0.05) is 67.3 Å². The fourth-order valence-electron chi connectivity index (χ4n) is 6.14. The van der Waals surface area contributed by atoms with E-state index in [-0.39, 0.29) is 13.2 Å². The first kappa shape index (κ1) is 42.9. The molecule has 0 saturated heterocycles. The highest BCUT2D eigenvalue weighted by atomic mass is 33.1. The first-order chi connectivity index (χ1) is 28.2. The molecule has 4 aromatic carbocycles. The van der Waals surface area contributed by atoms with Gasteiger partial charge < -0.3 is 14.9 Å². The standard InChI is InChI=1S/C48H54N5O2S2/c54-37-32-49-30-12-3-1-2-6-14-42-20-26-47(27-21-42)52(40-44-15-7-4-8-16-44)35-38-56-57-39-36-53(41-45-17-9-5-10-18-45)48-28-23-43(24-29-48)22-25-46-19-11-13-33-51(46)34-31-50-55/h1-2,4-11,13-30,33,54H,3,12,31-32,34-41H2/q+1/b2-1+,14-6+,49-30?. The average Bonchev–Trinajstić information content (AvgIpc) is 3.26. The fraction of sp³-hybridized carbons (Fsp3) is 0.250. The quantitative estimate of drug-likeness (QED) is 0.0158. The Morgan fingerprint density at radius 2 is 1.19 bits per heavy atom. The lowest BCUT2D eigenvalue weighted by atomic mass is 10.1. The zero-order valence-corrected chi connectivity index (χ0v) is 34.3. The number of rotatable bonds is 25. The summed E-state index contributed by atoms with van der Waals surface area (Å²) in [7, 11) is 3.89. The Morgan fingerprint density at radius 3 is 1.77 bits per heavy atom. The number of hydrogen-bond donors (Lipinski definition) is 1. The molecular formula is C48H54N5O2S2+. The van der Waals surface area contributed by atoms with Gasteiger partial charge in [0.15, 0.2) is 12.7 Å². The van der Waals surface area contributed by atoms with Crippen LogP contribution in [0.1, 0.15) is 40.8 Å². The Kier molecular flexibility index (Phi) is 19.5. The summed E-state index contributed by atoms with van der Waals surface area (Å²) in [6, 6.07) is 45.1. The largest absolute Gasteiger partial charge is 0.394 e. The lowest BCUT2D eigenvalue weighted by Gasteiger charge is -2.26. The molecule has 1 aromatic heterocycles. The maximum absolute atomic E-state index is 10.7. The van der Waals surface area contributed by atoms with Crippen LogP contribution in [-0.4, -0.2) is 55.6 Å². The number of benzene rings is 4. The Balaban J connectivity index is 1.14. The molecule has 0 aliphatic heterocycles. The van der Waals surface area contributed by atoms with Crippen LogP contribution in [0.5, 0.6) is 0 Å². The summed E-state index contributed by atoms with van der Waals surface area (Å²) in [6.45, 7) is 5.01. The molecule has 0 radical (unpaired) electrons. The molecule has 0 aliphatic rings. The zero-order chi connectivity index (χ0) is 39.6. The summed E-state index contributed by atoms with van der Waals surface area (Å²) in [5, 5.41) is 11.8. The lowest BCUT2D eigenvalue weighted by molar-refractivity contribution is -0.696. The molecule has 9 heteroatoms. The highest BCUT2D eigenvalue weighted by molar-refractivity contribution is 8.76. The van der Waals surface area contributed by atoms with Gasteiger partial charge in [-0.25, -0.2) is 0 Å². The predicted molar refractivity (Wildman–Crippen MR) is 247 cm³/mol. The van der Waals surface area contributed by atoms with Gasteiger partial charge in [-0.05, 0) is 77.7 Å². The smallest absolute Gasteiger partial charge is 0.205 e. The summed E-state index contributed by atoms with van der Waals surface area (Å²) in [6.07, 6.45) is 18.3. The van der Waals surface area contributed by atoms with Gasteiger partial charge in [-0.2, -0.15) is 9.47 Å². The Bertz CT molecular complexity index is 1990. The number of aliphatic hydroxyl groups is 1. The molecule has 5 aromatic rings. The van der Waals surface area contributed by atoms with E-state index >= 15 is 0 Å². The van der Waals surface area contributed by atoms with Crippen LogP contribution in [0, 0.1) is 4.91 Å². The van der Waals surface area contributed by atoms with E-state index in [9.17, 15) is 4.91 Å². The lowest BCUT2D eigenvalue weighted by Crippen LogP contribution is -2.37. The number of aromatic nitrogens is 1. The van der Waals surface area contributed by atoms with Gasteiger partial charge in [-0.3, -0.25) is 4.99 Å². The second-order valence-electron chi connectivity index (χ2n) is 13.3. The molecule has 7 nitrogen and oxygen atoms in total. The molecule has 5 rings (SSSR count). The number of aliphatic imine (C=N–C) groups is 1. The van der Waals surface area contributed by atoms with E-state index in [1.807, 2.05) is 56.8 Å². The number of nitrogens with zero attached hydrogens (tertiary/aromatic N) is 5. The van der Waals surface area contributed by atoms with Crippen molar-refractivity contribution in [2.45, 2.75) is 32.5 Å². The Hall–Kier alpha value is -5.22. The van der Waals surface area contributed by atoms with Crippen LogP contribution in [0.25, 0.3) is 18.2 Å². The van der Waals surface area contributed by atoms with Crippen molar-refractivity contribution in [2.75, 3.05) is 54.1 Å². The minimum absolute atomic E-state index is 0.102. The third-order valence-electron chi connectivity index (χ3n) is 9.13. The van der Waals surface area contributed by atoms with Crippen LogP contribution < -0.4 is 14.4 Å². The van der Waals surface area contributed by atoms with Crippen molar-refractivity contribution in [3.05, 3.63) is 185 Å². The second kappa shape index (κ2) is 25.8. The van der Waals surface area contributed by atoms with Crippen LogP contribution in [0.2, 0.25) is 0 Å². The van der Waals surface area contributed by atoms with Crippen molar-refractivity contribution in [1.29, 1.82) is 0 Å². The van der Waals surface area contributed by atoms with Gasteiger partial charge in [0.2, 0.25) is 5.69 Å². The molecular weight excluding hydrogens is 743 g/mol. The van der Waals surface area contributed by atoms with Gasteiger partial charge >= 0.3 is 0 Å². The first-order valence-electron chi connectivity index (χ1n) is 19.6. The number of allylic oxidation sites excluding steroid dienone is 3. The van der Waals surface area contributed by atoms with Crippen LogP contribution in [0.4, 0.5) is 11.4 Å². The molecule has 0 aliphatic carbocycles. The van der Waals surface area contributed by atoms with Gasteiger partial charge in [0.1, 0.15) is 6.54 Å². The molecule has 0 spiro atoms. The number of pyridine rings is 1. The average molecular weight is 797 g/mol. The van der Waals surface area contributed by atoms with Crippen molar-refractivity contribution in [3.8, 4) is 0 Å². The Morgan fingerprint density at radius 1 is 0.614 bits per heavy atom. The van der Waals surface area contributed by atoms with Gasteiger partial charge in [-0.15, -0.1) is 0 Å². The highest BCUT2D eigenvalue weighted by Gasteiger charge is 2.11. The minimum Gasteiger partial charge on any atom is -0.394 e. The number of aliphatic hydroxyl groups excluding tert-OH is 1. The van der Waals surface area contributed by atoms with Gasteiger partial charge in [0.25, 0.3) is 0 Å². The van der Waals surface area contributed by atoms with E-state index in [4.69, 9.17) is 5.11 Å². The SMILES string of the molecule is O=NCC[n+]1ccccc1/C=C/c1ccc(N(CCSSCCN(Cc2ccccc2)c2ccc(/C=C/C=C/CCC=NCCO)cc2)Cc2ccccc2)cc1. The molecule has 0 bridgehead atoms. The molecule has 294 valence electrons. The minimum atomic E-state index is 0.102. The van der Waals surface area contributed by atoms with Crippen LogP contribution in [-0.2, 0) is 19.6 Å². The maximum Gasteiger partial charge on any atom is 0.205 e. The van der Waals surface area contributed by atoms with E-state index < -0.39 is 0 Å². The van der Waals surface area contributed by atoms with Crippen molar-refractivity contribution in [3.63, 3.8) is 0 Å². The second-order valence-corrected chi connectivity index (χ2v) is 16.0. The third kappa shape index (κ3) is 16.0. The van der Waals surface area contributed by atoms with Crippen LogP contribution in [0.3, 0.4) is 0 Å². The third-order valence-corrected chi connectivity index (χ3v) is 11.5. The van der Waals surface area contributed by atoms with E-state index in [0.29, 0.717) is 13.1 Å². The van der Waals surface area contributed by atoms with E-state index in [2.05, 4.69) is 166 Å². The predicted octanol–water partition coefficient (Wildman–Crippen LogP) is 10.4. The zero-order valence-electron chi connectivity index (χ0n) is 32.6. The molecule has 57 heavy (non-hydrogen) atoms. The number of hydrogen-bond acceptors (Lipinski definition) is 8. The van der Waals surface area contributed by atoms with Gasteiger partial charge in [0.05, 0.1) is 13.2 Å². The monoisotopic (exact) mass is 796 g/mol. The first-order valence-corrected chi connectivity index (χ1v) is 22.1. The van der Waals surface area contributed by atoms with E-state index in [0.717, 1.165) is 61.8 Å². The number of anilines is 2. The van der Waals surface area contributed by atoms with Gasteiger partial charge in [-0.1, -0.05) is 136 Å². The number of nitroso groups, excluding NO2 is 1.